The Hall–Kier alpha value is -1.87. The van der Waals surface area contributed by atoms with E-state index in [9.17, 15) is 9.18 Å². The Labute approximate surface area is 116 Å². The van der Waals surface area contributed by atoms with Crippen molar-refractivity contribution in [3.05, 3.63) is 63.9 Å². The fourth-order valence-corrected chi connectivity index (χ4v) is 2.06. The van der Waals surface area contributed by atoms with Gasteiger partial charge in [0.1, 0.15) is 5.82 Å². The molecule has 0 saturated heterocycles. The van der Waals surface area contributed by atoms with Gasteiger partial charge in [-0.1, -0.05) is 35.9 Å². The molecule has 2 rings (SSSR count). The summed E-state index contributed by atoms with van der Waals surface area (Å²) in [4.78, 5) is 12.1. The quantitative estimate of drug-likeness (QED) is 0.869. The number of carbonyl (C=O) groups is 1. The number of aryl methyl sites for hydroxylation is 2. The summed E-state index contributed by atoms with van der Waals surface area (Å²) >= 11 is 6.02. The maximum Gasteiger partial charge on any atom is 0.258 e. The maximum absolute atomic E-state index is 13.9. The molecule has 4 heteroatoms. The Balaban J connectivity index is 2.34. The molecule has 1 N–H and O–H groups in total. The normalized spacial score (nSPS) is 10.3. The van der Waals surface area contributed by atoms with E-state index in [1.54, 1.807) is 31.2 Å². The van der Waals surface area contributed by atoms with Crippen molar-refractivity contribution in [2.75, 3.05) is 5.32 Å². The average molecular weight is 278 g/mol. The molecule has 98 valence electrons. The highest BCUT2D eigenvalue weighted by molar-refractivity contribution is 6.34. The van der Waals surface area contributed by atoms with Crippen LogP contribution >= 0.6 is 11.6 Å². The van der Waals surface area contributed by atoms with Crippen molar-refractivity contribution in [2.45, 2.75) is 13.8 Å². The van der Waals surface area contributed by atoms with Gasteiger partial charge in [-0.05, 0) is 37.1 Å². The second-order valence-corrected chi connectivity index (χ2v) is 4.73. The van der Waals surface area contributed by atoms with Crippen molar-refractivity contribution in [3.63, 3.8) is 0 Å². The number of anilines is 1. The predicted octanol–water partition coefficient (Wildman–Crippen LogP) is 4.35. The van der Waals surface area contributed by atoms with Crippen molar-refractivity contribution in [2.24, 2.45) is 0 Å². The van der Waals surface area contributed by atoms with Gasteiger partial charge >= 0.3 is 0 Å². The smallest absolute Gasteiger partial charge is 0.258 e. The lowest BCUT2D eigenvalue weighted by atomic mass is 10.1. The summed E-state index contributed by atoms with van der Waals surface area (Å²) in [6, 6.07) is 10.0. The first-order valence-electron chi connectivity index (χ1n) is 5.82. The Morgan fingerprint density at radius 1 is 1.11 bits per heavy atom. The van der Waals surface area contributed by atoms with Crippen molar-refractivity contribution in [3.8, 4) is 0 Å². The summed E-state index contributed by atoms with van der Waals surface area (Å²) in [5, 5.41) is 3.08. The third-order valence-corrected chi connectivity index (χ3v) is 3.21. The second-order valence-electron chi connectivity index (χ2n) is 4.32. The summed E-state index contributed by atoms with van der Waals surface area (Å²) in [6.07, 6.45) is 0. The van der Waals surface area contributed by atoms with Gasteiger partial charge in [-0.2, -0.15) is 0 Å². The highest BCUT2D eigenvalue weighted by Gasteiger charge is 2.15. The number of halogens is 2. The molecular formula is C15H13ClFNO. The van der Waals surface area contributed by atoms with Crippen LogP contribution in [-0.2, 0) is 0 Å². The first-order valence-corrected chi connectivity index (χ1v) is 6.20. The number of benzene rings is 2. The van der Waals surface area contributed by atoms with E-state index >= 15 is 0 Å². The number of nitrogens with one attached hydrogen (secondary N) is 1. The molecule has 19 heavy (non-hydrogen) atoms. The summed E-state index contributed by atoms with van der Waals surface area (Å²) in [5.74, 6) is -1.01. The van der Waals surface area contributed by atoms with Gasteiger partial charge in [-0.15, -0.1) is 0 Å². The molecule has 0 spiro atoms. The summed E-state index contributed by atoms with van der Waals surface area (Å²) in [6.45, 7) is 3.45. The van der Waals surface area contributed by atoms with Crippen LogP contribution in [0.1, 0.15) is 21.5 Å². The number of para-hydroxylation sites is 1. The summed E-state index contributed by atoms with van der Waals surface area (Å²) in [7, 11) is 0. The molecule has 0 fully saturated rings. The van der Waals surface area contributed by atoms with Crippen LogP contribution in [0.25, 0.3) is 0 Å². The van der Waals surface area contributed by atoms with Gasteiger partial charge in [0, 0.05) is 0 Å². The van der Waals surface area contributed by atoms with Crippen molar-refractivity contribution in [1.82, 2.24) is 0 Å². The fraction of sp³-hybridized carbons (Fsp3) is 0.133. The van der Waals surface area contributed by atoms with Gasteiger partial charge in [0.2, 0.25) is 0 Å². The van der Waals surface area contributed by atoms with E-state index in [1.807, 2.05) is 13.0 Å². The van der Waals surface area contributed by atoms with Crippen LogP contribution in [0.3, 0.4) is 0 Å². The van der Waals surface area contributed by atoms with Crippen LogP contribution in [-0.4, -0.2) is 5.91 Å². The van der Waals surface area contributed by atoms with E-state index < -0.39 is 11.7 Å². The standard InChI is InChI=1S/C15H13ClFNO/c1-9-5-3-7-11(13(9)17)15(19)18-14-10(2)6-4-8-12(14)16/h3-8H,1-2H3,(H,18,19). The lowest BCUT2D eigenvalue weighted by Crippen LogP contribution is -2.15. The van der Waals surface area contributed by atoms with Gasteiger partial charge in [-0.25, -0.2) is 4.39 Å². The van der Waals surface area contributed by atoms with Crippen LogP contribution < -0.4 is 5.32 Å². The molecule has 0 radical (unpaired) electrons. The Kier molecular flexibility index (Phi) is 3.86. The van der Waals surface area contributed by atoms with E-state index in [-0.39, 0.29) is 5.56 Å². The summed E-state index contributed by atoms with van der Waals surface area (Å²) < 4.78 is 13.9. The van der Waals surface area contributed by atoms with Crippen LogP contribution in [0.15, 0.2) is 36.4 Å². The lowest BCUT2D eigenvalue weighted by molar-refractivity contribution is 0.102. The molecule has 0 bridgehead atoms. The number of rotatable bonds is 2. The van der Waals surface area contributed by atoms with E-state index in [4.69, 9.17) is 11.6 Å². The van der Waals surface area contributed by atoms with Crippen molar-refractivity contribution >= 4 is 23.2 Å². The molecule has 1 amide bonds. The van der Waals surface area contributed by atoms with Gasteiger partial charge < -0.3 is 5.32 Å². The average Bonchev–Trinajstić information content (AvgIpc) is 2.37. The Bertz CT molecular complexity index is 620. The topological polar surface area (TPSA) is 29.1 Å². The molecule has 2 aromatic rings. The minimum atomic E-state index is -0.510. The van der Waals surface area contributed by atoms with E-state index in [0.29, 0.717) is 16.3 Å². The molecule has 0 atom stereocenters. The molecule has 0 aliphatic heterocycles. The highest BCUT2D eigenvalue weighted by Crippen LogP contribution is 2.26. The van der Waals surface area contributed by atoms with Crippen LogP contribution in [0.2, 0.25) is 5.02 Å². The van der Waals surface area contributed by atoms with E-state index in [0.717, 1.165) is 5.56 Å². The highest BCUT2D eigenvalue weighted by atomic mass is 35.5. The minimum Gasteiger partial charge on any atom is -0.320 e. The first kappa shape index (κ1) is 13.6. The predicted molar refractivity (Wildman–Crippen MR) is 75.3 cm³/mol. The van der Waals surface area contributed by atoms with Crippen LogP contribution in [0.4, 0.5) is 10.1 Å². The molecule has 0 aliphatic carbocycles. The van der Waals surface area contributed by atoms with Gasteiger partial charge in [0.15, 0.2) is 0 Å². The van der Waals surface area contributed by atoms with Gasteiger partial charge in [0.05, 0.1) is 16.3 Å². The van der Waals surface area contributed by atoms with Crippen LogP contribution in [0, 0.1) is 19.7 Å². The molecule has 0 aromatic heterocycles. The molecule has 0 saturated carbocycles. The molecule has 0 aliphatic rings. The molecule has 2 nitrogen and oxygen atoms in total. The first-order chi connectivity index (χ1) is 9.00. The van der Waals surface area contributed by atoms with Crippen LogP contribution in [0.5, 0.6) is 0 Å². The molecule has 2 aromatic carbocycles. The zero-order chi connectivity index (χ0) is 14.0. The monoisotopic (exact) mass is 277 g/mol. The number of hydrogen-bond acceptors (Lipinski definition) is 1. The second kappa shape index (κ2) is 5.41. The Morgan fingerprint density at radius 3 is 2.42 bits per heavy atom. The lowest BCUT2D eigenvalue weighted by Gasteiger charge is -2.11. The molecule has 0 unspecified atom stereocenters. The van der Waals surface area contributed by atoms with Crippen molar-refractivity contribution < 1.29 is 9.18 Å². The van der Waals surface area contributed by atoms with E-state index in [1.165, 1.54) is 6.07 Å². The number of hydrogen-bond donors (Lipinski definition) is 1. The zero-order valence-corrected chi connectivity index (χ0v) is 11.4. The molecular weight excluding hydrogens is 265 g/mol. The zero-order valence-electron chi connectivity index (χ0n) is 10.6. The third-order valence-electron chi connectivity index (χ3n) is 2.90. The summed E-state index contributed by atoms with van der Waals surface area (Å²) in [5.41, 5.74) is 1.78. The SMILES string of the molecule is Cc1cccc(C(=O)Nc2c(C)cccc2Cl)c1F. The minimum absolute atomic E-state index is 0.0133. The number of amides is 1. The largest absolute Gasteiger partial charge is 0.320 e. The van der Waals surface area contributed by atoms with E-state index in [2.05, 4.69) is 5.32 Å². The van der Waals surface area contributed by atoms with Gasteiger partial charge in [0.25, 0.3) is 5.91 Å². The Morgan fingerprint density at radius 2 is 1.74 bits per heavy atom. The third kappa shape index (κ3) is 2.76. The number of carbonyl (C=O) groups excluding carboxylic acids is 1. The fourth-order valence-electron chi connectivity index (χ4n) is 1.79. The van der Waals surface area contributed by atoms with Gasteiger partial charge in [-0.3, -0.25) is 4.79 Å². The maximum atomic E-state index is 13.9. The molecule has 0 heterocycles. The van der Waals surface area contributed by atoms with Crippen molar-refractivity contribution in [1.29, 1.82) is 0 Å².